The summed E-state index contributed by atoms with van der Waals surface area (Å²) in [5, 5.41) is -0.350. The highest BCUT2D eigenvalue weighted by molar-refractivity contribution is 9.09. The predicted molar refractivity (Wildman–Crippen MR) is 78.0 cm³/mol. The van der Waals surface area contributed by atoms with E-state index in [-0.39, 0.29) is 0 Å². The second-order valence-electron chi connectivity index (χ2n) is 4.40. The first-order valence-corrected chi connectivity index (χ1v) is 8.17. The van der Waals surface area contributed by atoms with Gasteiger partial charge < -0.3 is 18.9 Å². The zero-order chi connectivity index (χ0) is 16.2. The van der Waals surface area contributed by atoms with Crippen LogP contribution >= 0.6 is 31.9 Å². The average molecular weight is 432 g/mol. The van der Waals surface area contributed by atoms with E-state index in [4.69, 9.17) is 18.9 Å². The SMILES string of the molecule is CC(=O)OC1C(Br)OC(CBr)C(OC(C)=O)C1OC(C)=O. The molecule has 0 saturated carbocycles. The number of hydrogen-bond donors (Lipinski definition) is 0. The molecule has 7 nitrogen and oxygen atoms in total. The fourth-order valence-corrected chi connectivity index (χ4v) is 3.17. The van der Waals surface area contributed by atoms with Crippen LogP contribution in [0.15, 0.2) is 0 Å². The molecular weight excluding hydrogens is 416 g/mol. The van der Waals surface area contributed by atoms with Crippen molar-refractivity contribution >= 4 is 49.8 Å². The molecule has 1 rings (SSSR count). The Bertz CT molecular complexity index is 414. The van der Waals surface area contributed by atoms with E-state index in [0.29, 0.717) is 5.33 Å². The molecule has 21 heavy (non-hydrogen) atoms. The van der Waals surface area contributed by atoms with Crippen molar-refractivity contribution in [3.8, 4) is 0 Å². The van der Waals surface area contributed by atoms with Crippen LogP contribution in [-0.2, 0) is 33.3 Å². The molecule has 0 amide bonds. The van der Waals surface area contributed by atoms with Crippen LogP contribution in [0.2, 0.25) is 0 Å². The molecule has 1 aliphatic heterocycles. The fraction of sp³-hybridized carbons (Fsp3) is 0.750. The Morgan fingerprint density at radius 2 is 1.33 bits per heavy atom. The summed E-state index contributed by atoms with van der Waals surface area (Å²) in [7, 11) is 0. The van der Waals surface area contributed by atoms with Crippen molar-refractivity contribution in [3.63, 3.8) is 0 Å². The van der Waals surface area contributed by atoms with Gasteiger partial charge in [-0.1, -0.05) is 31.9 Å². The van der Waals surface area contributed by atoms with Gasteiger partial charge in [0.1, 0.15) is 6.10 Å². The molecule has 5 atom stereocenters. The number of carbonyl (C=O) groups is 3. The quantitative estimate of drug-likeness (QED) is 0.376. The van der Waals surface area contributed by atoms with Crippen LogP contribution < -0.4 is 0 Å². The Labute approximate surface area is 138 Å². The van der Waals surface area contributed by atoms with Gasteiger partial charge in [-0.25, -0.2) is 0 Å². The number of alkyl halides is 2. The summed E-state index contributed by atoms with van der Waals surface area (Å²) in [6, 6.07) is 0. The first-order chi connectivity index (χ1) is 9.76. The minimum atomic E-state index is -0.962. The Balaban J connectivity index is 3.08. The monoisotopic (exact) mass is 430 g/mol. The van der Waals surface area contributed by atoms with Crippen LogP contribution in [0.5, 0.6) is 0 Å². The molecule has 0 N–H and O–H groups in total. The zero-order valence-corrected chi connectivity index (χ0v) is 14.9. The minimum Gasteiger partial charge on any atom is -0.456 e. The van der Waals surface area contributed by atoms with Gasteiger partial charge in [0.2, 0.25) is 0 Å². The average Bonchev–Trinajstić information content (AvgIpc) is 2.35. The summed E-state index contributed by atoms with van der Waals surface area (Å²) in [4.78, 5) is 33.8. The highest BCUT2D eigenvalue weighted by Gasteiger charge is 2.50. The van der Waals surface area contributed by atoms with Crippen molar-refractivity contribution in [1.29, 1.82) is 0 Å². The van der Waals surface area contributed by atoms with Crippen LogP contribution in [0.3, 0.4) is 0 Å². The summed E-state index contributed by atoms with van der Waals surface area (Å²) >= 11 is 6.48. The smallest absolute Gasteiger partial charge is 0.303 e. The molecule has 0 aromatic heterocycles. The van der Waals surface area contributed by atoms with Gasteiger partial charge in [0.25, 0.3) is 0 Å². The molecule has 1 heterocycles. The molecule has 1 aliphatic rings. The summed E-state index contributed by atoms with van der Waals surface area (Å²) < 4.78 is 21.1. The lowest BCUT2D eigenvalue weighted by Gasteiger charge is -2.42. The van der Waals surface area contributed by atoms with Gasteiger partial charge in [0, 0.05) is 26.1 Å². The number of carbonyl (C=O) groups excluding carboxylic acids is 3. The van der Waals surface area contributed by atoms with Crippen LogP contribution in [0.25, 0.3) is 0 Å². The van der Waals surface area contributed by atoms with E-state index in [1.54, 1.807) is 0 Å². The van der Waals surface area contributed by atoms with Crippen LogP contribution in [0, 0.1) is 0 Å². The van der Waals surface area contributed by atoms with Gasteiger partial charge in [0.05, 0.1) is 0 Å². The maximum Gasteiger partial charge on any atom is 0.303 e. The maximum atomic E-state index is 11.3. The van der Waals surface area contributed by atoms with Gasteiger partial charge in [-0.2, -0.15) is 0 Å². The summed E-state index contributed by atoms with van der Waals surface area (Å²) in [6.07, 6.45) is -3.33. The molecule has 0 spiro atoms. The molecule has 0 aliphatic carbocycles. The van der Waals surface area contributed by atoms with Crippen molar-refractivity contribution in [2.75, 3.05) is 5.33 Å². The van der Waals surface area contributed by atoms with Crippen molar-refractivity contribution < 1.29 is 33.3 Å². The molecule has 0 bridgehead atoms. The topological polar surface area (TPSA) is 88.1 Å². The third kappa shape index (κ3) is 5.23. The fourth-order valence-electron chi connectivity index (χ4n) is 1.97. The van der Waals surface area contributed by atoms with E-state index in [1.165, 1.54) is 20.8 Å². The maximum absolute atomic E-state index is 11.3. The van der Waals surface area contributed by atoms with Crippen LogP contribution in [0.1, 0.15) is 20.8 Å². The van der Waals surface area contributed by atoms with E-state index >= 15 is 0 Å². The molecular formula is C12H16Br2O7. The number of esters is 3. The second kappa shape index (κ2) is 8.09. The normalized spacial score (nSPS) is 32.1. The van der Waals surface area contributed by atoms with Crippen molar-refractivity contribution in [2.24, 2.45) is 0 Å². The van der Waals surface area contributed by atoms with E-state index in [1.807, 2.05) is 0 Å². The molecule has 0 radical (unpaired) electrons. The van der Waals surface area contributed by atoms with Gasteiger partial charge in [-0.15, -0.1) is 0 Å². The van der Waals surface area contributed by atoms with E-state index in [0.717, 1.165) is 0 Å². The van der Waals surface area contributed by atoms with Crippen molar-refractivity contribution in [2.45, 2.75) is 50.2 Å². The van der Waals surface area contributed by atoms with Crippen molar-refractivity contribution in [1.82, 2.24) is 0 Å². The molecule has 1 fully saturated rings. The Hall–Kier alpha value is -0.670. The molecule has 9 heteroatoms. The van der Waals surface area contributed by atoms with Crippen molar-refractivity contribution in [3.05, 3.63) is 0 Å². The summed E-state index contributed by atoms with van der Waals surface area (Å²) in [5.41, 5.74) is 0. The molecule has 120 valence electrons. The summed E-state index contributed by atoms with van der Waals surface area (Å²) in [6.45, 7) is 3.68. The number of rotatable bonds is 4. The first-order valence-electron chi connectivity index (χ1n) is 6.13. The number of halogens is 2. The minimum absolute atomic E-state index is 0.345. The van der Waals surface area contributed by atoms with E-state index < -0.39 is 47.3 Å². The van der Waals surface area contributed by atoms with Gasteiger partial charge in [-0.3, -0.25) is 14.4 Å². The lowest BCUT2D eigenvalue weighted by molar-refractivity contribution is -0.227. The van der Waals surface area contributed by atoms with E-state index in [9.17, 15) is 14.4 Å². The standard InChI is InChI=1S/C12H16Br2O7/c1-5(15)18-9-8(4-13)21-12(14)11(20-7(3)17)10(9)19-6(2)16/h8-12H,4H2,1-3H3. The Morgan fingerprint density at radius 1 is 0.905 bits per heavy atom. The lowest BCUT2D eigenvalue weighted by Crippen LogP contribution is -2.60. The number of ether oxygens (including phenoxy) is 4. The third-order valence-electron chi connectivity index (χ3n) is 2.64. The van der Waals surface area contributed by atoms with E-state index in [2.05, 4.69) is 31.9 Å². The second-order valence-corrected chi connectivity index (χ2v) is 5.95. The van der Waals surface area contributed by atoms with Gasteiger partial charge in [0.15, 0.2) is 23.3 Å². The molecule has 0 aromatic carbocycles. The lowest BCUT2D eigenvalue weighted by atomic mass is 10.00. The third-order valence-corrected chi connectivity index (χ3v) is 4.01. The molecule has 1 saturated heterocycles. The van der Waals surface area contributed by atoms with Crippen LogP contribution in [-0.4, -0.2) is 52.7 Å². The first kappa shape index (κ1) is 18.4. The molecule has 5 unspecified atom stereocenters. The zero-order valence-electron chi connectivity index (χ0n) is 11.7. The predicted octanol–water partition coefficient (Wildman–Crippen LogP) is 1.30. The molecule has 0 aromatic rings. The Morgan fingerprint density at radius 3 is 1.76 bits per heavy atom. The largest absolute Gasteiger partial charge is 0.456 e. The van der Waals surface area contributed by atoms with Gasteiger partial charge in [-0.05, 0) is 0 Å². The number of hydrogen-bond acceptors (Lipinski definition) is 7. The summed E-state index contributed by atoms with van der Waals surface area (Å²) in [5.74, 6) is -1.70. The highest BCUT2D eigenvalue weighted by Crippen LogP contribution is 2.32. The van der Waals surface area contributed by atoms with Crippen LogP contribution in [0.4, 0.5) is 0 Å². The van der Waals surface area contributed by atoms with Gasteiger partial charge >= 0.3 is 17.9 Å². The highest BCUT2D eigenvalue weighted by atomic mass is 79.9. The Kier molecular flexibility index (Phi) is 7.08.